The number of carbonyl (C=O) groups is 3. The van der Waals surface area contributed by atoms with E-state index < -0.39 is 24.1 Å². The first-order valence-electron chi connectivity index (χ1n) is 7.94. The van der Waals surface area contributed by atoms with E-state index >= 15 is 0 Å². The molecular weight excluding hydrogens is 322 g/mol. The third kappa shape index (κ3) is 4.03. The number of rotatable bonds is 4. The van der Waals surface area contributed by atoms with Crippen molar-refractivity contribution in [1.29, 1.82) is 0 Å². The van der Waals surface area contributed by atoms with Crippen molar-refractivity contribution in [3.8, 4) is 0 Å². The fourth-order valence-corrected chi connectivity index (χ4v) is 2.63. The minimum absolute atomic E-state index is 0.0751. The molecule has 0 unspecified atom stereocenters. The molecule has 128 valence electrons. The third-order valence-electron chi connectivity index (χ3n) is 3.86. The topological polar surface area (TPSA) is 72.9 Å². The Morgan fingerprint density at radius 2 is 1.68 bits per heavy atom. The summed E-state index contributed by atoms with van der Waals surface area (Å²) in [5.41, 5.74) is 1.35. The second kappa shape index (κ2) is 7.61. The Kier molecular flexibility index (Phi) is 5.09. The molecule has 1 amide bonds. The van der Waals surface area contributed by atoms with E-state index in [0.717, 1.165) is 5.56 Å². The normalized spacial score (nSPS) is 16.9. The van der Waals surface area contributed by atoms with Gasteiger partial charge < -0.3 is 9.47 Å². The lowest BCUT2D eigenvalue weighted by Crippen LogP contribution is -2.49. The number of nitrogens with zero attached hydrogens (tertiary/aromatic N) is 1. The van der Waals surface area contributed by atoms with Gasteiger partial charge in [-0.2, -0.15) is 0 Å². The SMILES string of the molecule is O=C1CC[C@H](N(C(=O)OCc2ccccc2)c2ccccc2)C(=O)O1. The van der Waals surface area contributed by atoms with Crippen LogP contribution in [-0.4, -0.2) is 24.1 Å². The summed E-state index contributed by atoms with van der Waals surface area (Å²) in [6, 6.07) is 17.1. The van der Waals surface area contributed by atoms with Crippen LogP contribution in [-0.2, 0) is 25.7 Å². The fraction of sp³-hybridized carbons (Fsp3) is 0.211. The zero-order chi connectivity index (χ0) is 17.6. The summed E-state index contributed by atoms with van der Waals surface area (Å²) in [6.45, 7) is 0.0870. The Morgan fingerprint density at radius 3 is 2.32 bits per heavy atom. The van der Waals surface area contributed by atoms with Crippen LogP contribution in [0.1, 0.15) is 18.4 Å². The molecule has 6 heteroatoms. The van der Waals surface area contributed by atoms with Crippen molar-refractivity contribution in [1.82, 2.24) is 0 Å². The van der Waals surface area contributed by atoms with Crippen molar-refractivity contribution in [2.24, 2.45) is 0 Å². The zero-order valence-corrected chi connectivity index (χ0v) is 13.5. The Balaban J connectivity index is 1.80. The van der Waals surface area contributed by atoms with Crippen molar-refractivity contribution in [3.05, 3.63) is 66.2 Å². The maximum atomic E-state index is 12.7. The van der Waals surface area contributed by atoms with Crippen LogP contribution in [0, 0.1) is 0 Å². The Morgan fingerprint density at radius 1 is 1.04 bits per heavy atom. The van der Waals surface area contributed by atoms with E-state index in [1.807, 2.05) is 30.3 Å². The monoisotopic (exact) mass is 339 g/mol. The van der Waals surface area contributed by atoms with E-state index in [1.54, 1.807) is 30.3 Å². The second-order valence-corrected chi connectivity index (χ2v) is 5.59. The highest BCUT2D eigenvalue weighted by atomic mass is 16.6. The Bertz CT molecular complexity index is 760. The number of anilines is 1. The van der Waals surface area contributed by atoms with Crippen molar-refractivity contribution in [2.75, 3.05) is 4.90 Å². The molecule has 1 saturated heterocycles. The van der Waals surface area contributed by atoms with Gasteiger partial charge in [-0.1, -0.05) is 48.5 Å². The predicted molar refractivity (Wildman–Crippen MR) is 89.7 cm³/mol. The number of cyclic esters (lactones) is 2. The van der Waals surface area contributed by atoms with Crippen LogP contribution in [0.25, 0.3) is 0 Å². The van der Waals surface area contributed by atoms with Gasteiger partial charge in [0.2, 0.25) is 0 Å². The smallest absolute Gasteiger partial charge is 0.415 e. The summed E-state index contributed by atoms with van der Waals surface area (Å²) < 4.78 is 10.1. The van der Waals surface area contributed by atoms with Crippen LogP contribution in [0.2, 0.25) is 0 Å². The molecule has 0 N–H and O–H groups in total. The molecule has 25 heavy (non-hydrogen) atoms. The molecule has 2 aromatic carbocycles. The van der Waals surface area contributed by atoms with E-state index in [1.165, 1.54) is 4.90 Å². The number of amides is 1. The number of hydrogen-bond acceptors (Lipinski definition) is 5. The number of benzene rings is 2. The molecule has 0 bridgehead atoms. The van der Waals surface area contributed by atoms with Crippen LogP contribution in [0.15, 0.2) is 60.7 Å². The van der Waals surface area contributed by atoms with Crippen molar-refractivity contribution in [2.45, 2.75) is 25.5 Å². The van der Waals surface area contributed by atoms with Gasteiger partial charge in [0.05, 0.1) is 0 Å². The zero-order valence-electron chi connectivity index (χ0n) is 13.5. The van der Waals surface area contributed by atoms with Crippen LogP contribution >= 0.6 is 0 Å². The summed E-state index contributed by atoms with van der Waals surface area (Å²) in [5.74, 6) is -1.32. The lowest BCUT2D eigenvalue weighted by atomic mass is 10.1. The average Bonchev–Trinajstić information content (AvgIpc) is 2.64. The van der Waals surface area contributed by atoms with E-state index in [4.69, 9.17) is 4.74 Å². The van der Waals surface area contributed by atoms with Crippen LogP contribution in [0.5, 0.6) is 0 Å². The lowest BCUT2D eigenvalue weighted by molar-refractivity contribution is -0.164. The molecular formula is C19H17NO5. The summed E-state index contributed by atoms with van der Waals surface area (Å²) >= 11 is 0. The van der Waals surface area contributed by atoms with Gasteiger partial charge in [-0.15, -0.1) is 0 Å². The first-order chi connectivity index (χ1) is 12.1. The quantitative estimate of drug-likeness (QED) is 0.632. The van der Waals surface area contributed by atoms with Gasteiger partial charge in [0.25, 0.3) is 0 Å². The summed E-state index contributed by atoms with van der Waals surface area (Å²) in [4.78, 5) is 37.3. The highest BCUT2D eigenvalue weighted by molar-refractivity contribution is 6.00. The largest absolute Gasteiger partial charge is 0.444 e. The molecule has 1 aliphatic heterocycles. The van der Waals surface area contributed by atoms with E-state index in [2.05, 4.69) is 4.74 Å². The minimum atomic E-state index is -0.886. The minimum Gasteiger partial charge on any atom is -0.444 e. The number of ether oxygens (including phenoxy) is 2. The molecule has 1 heterocycles. The number of hydrogen-bond donors (Lipinski definition) is 0. The van der Waals surface area contributed by atoms with Crippen LogP contribution < -0.4 is 4.90 Å². The molecule has 0 spiro atoms. The molecule has 2 aromatic rings. The van der Waals surface area contributed by atoms with E-state index in [0.29, 0.717) is 5.69 Å². The molecule has 0 aliphatic carbocycles. The van der Waals surface area contributed by atoms with Gasteiger partial charge >= 0.3 is 18.0 Å². The van der Waals surface area contributed by atoms with Gasteiger partial charge in [-0.05, 0) is 24.1 Å². The van der Waals surface area contributed by atoms with E-state index in [9.17, 15) is 14.4 Å². The Hall–Kier alpha value is -3.15. The number of carbonyl (C=O) groups excluding carboxylic acids is 3. The number of esters is 2. The molecule has 6 nitrogen and oxygen atoms in total. The molecule has 0 aromatic heterocycles. The van der Waals surface area contributed by atoms with Gasteiger partial charge in [-0.25, -0.2) is 9.59 Å². The van der Waals surface area contributed by atoms with Crippen molar-refractivity contribution in [3.63, 3.8) is 0 Å². The Labute approximate surface area is 145 Å². The highest BCUT2D eigenvalue weighted by Gasteiger charge is 2.38. The lowest BCUT2D eigenvalue weighted by Gasteiger charge is -2.31. The molecule has 1 atom stereocenters. The van der Waals surface area contributed by atoms with Crippen LogP contribution in [0.3, 0.4) is 0 Å². The number of para-hydroxylation sites is 1. The summed E-state index contributed by atoms with van der Waals surface area (Å²) in [6.07, 6.45) is -0.384. The van der Waals surface area contributed by atoms with Crippen molar-refractivity contribution < 1.29 is 23.9 Å². The third-order valence-corrected chi connectivity index (χ3v) is 3.86. The summed E-state index contributed by atoms with van der Waals surface area (Å²) in [5, 5.41) is 0. The average molecular weight is 339 g/mol. The van der Waals surface area contributed by atoms with Crippen LogP contribution in [0.4, 0.5) is 10.5 Å². The van der Waals surface area contributed by atoms with Gasteiger partial charge in [-0.3, -0.25) is 9.69 Å². The summed E-state index contributed by atoms with van der Waals surface area (Å²) in [7, 11) is 0. The molecule has 0 saturated carbocycles. The maximum Gasteiger partial charge on any atom is 0.415 e. The van der Waals surface area contributed by atoms with Gasteiger partial charge in [0.15, 0.2) is 0 Å². The predicted octanol–water partition coefficient (Wildman–Crippen LogP) is 3.06. The molecule has 1 aliphatic rings. The maximum absolute atomic E-state index is 12.7. The first kappa shape index (κ1) is 16.7. The highest BCUT2D eigenvalue weighted by Crippen LogP contribution is 2.24. The first-order valence-corrected chi connectivity index (χ1v) is 7.94. The second-order valence-electron chi connectivity index (χ2n) is 5.59. The fourth-order valence-electron chi connectivity index (χ4n) is 2.63. The van der Waals surface area contributed by atoms with Crippen molar-refractivity contribution >= 4 is 23.7 Å². The van der Waals surface area contributed by atoms with Gasteiger partial charge in [0, 0.05) is 12.1 Å². The van der Waals surface area contributed by atoms with Gasteiger partial charge in [0.1, 0.15) is 12.6 Å². The molecule has 0 radical (unpaired) electrons. The standard InChI is InChI=1S/C19H17NO5/c21-17-12-11-16(18(22)25-17)20(15-9-5-2-6-10-15)19(23)24-13-14-7-3-1-4-8-14/h1-10,16H,11-13H2/t16-/m0/s1. The van der Waals surface area contributed by atoms with E-state index in [-0.39, 0.29) is 19.4 Å². The molecule has 1 fully saturated rings. The molecule has 3 rings (SSSR count).